The third-order valence-corrected chi connectivity index (χ3v) is 2.57. The van der Waals surface area contributed by atoms with Crippen molar-refractivity contribution in [2.24, 2.45) is 5.92 Å². The summed E-state index contributed by atoms with van der Waals surface area (Å²) in [6.07, 6.45) is 2.87. The maximum absolute atomic E-state index is 11.6. The summed E-state index contributed by atoms with van der Waals surface area (Å²) in [6.45, 7) is 3.73. The number of aromatic nitrogens is 3. The molecule has 0 saturated heterocycles. The van der Waals surface area contributed by atoms with Crippen molar-refractivity contribution in [2.75, 3.05) is 20.3 Å². The van der Waals surface area contributed by atoms with Gasteiger partial charge in [0.05, 0.1) is 18.8 Å². The molecule has 0 N–H and O–H groups in total. The molecule has 0 bridgehead atoms. The zero-order chi connectivity index (χ0) is 14.1. The summed E-state index contributed by atoms with van der Waals surface area (Å²) < 4.78 is 22.6. The summed E-state index contributed by atoms with van der Waals surface area (Å²) in [7, 11) is 0. The molecule has 0 spiro atoms. The first kappa shape index (κ1) is 15.7. The molecule has 0 unspecified atom stereocenters. The van der Waals surface area contributed by atoms with Gasteiger partial charge in [0.15, 0.2) is 6.86 Å². The molecule has 1 aromatic rings. The van der Waals surface area contributed by atoms with E-state index in [-0.39, 0.29) is 18.5 Å². The lowest BCUT2D eigenvalue weighted by Crippen LogP contribution is -2.09. The molecule has 0 radical (unpaired) electrons. The second kappa shape index (κ2) is 8.71. The van der Waals surface area contributed by atoms with Crippen molar-refractivity contribution >= 4 is 5.78 Å². The van der Waals surface area contributed by atoms with Gasteiger partial charge in [0.25, 0.3) is 0 Å². The Morgan fingerprint density at radius 2 is 2.26 bits per heavy atom. The first-order valence-electron chi connectivity index (χ1n) is 6.26. The van der Waals surface area contributed by atoms with Crippen LogP contribution in [0.2, 0.25) is 0 Å². The van der Waals surface area contributed by atoms with Crippen molar-refractivity contribution in [3.05, 3.63) is 11.9 Å². The van der Waals surface area contributed by atoms with Gasteiger partial charge in [-0.15, -0.1) is 5.10 Å². The molecule has 7 heteroatoms. The minimum absolute atomic E-state index is 0.0546. The molecule has 19 heavy (non-hydrogen) atoms. The third kappa shape index (κ3) is 6.40. The van der Waals surface area contributed by atoms with E-state index < -0.39 is 6.86 Å². The lowest BCUT2D eigenvalue weighted by atomic mass is 10.0. The summed E-state index contributed by atoms with van der Waals surface area (Å²) in [5.41, 5.74) is 0.786. The van der Waals surface area contributed by atoms with Crippen molar-refractivity contribution in [3.8, 4) is 0 Å². The van der Waals surface area contributed by atoms with E-state index in [1.165, 1.54) is 0 Å². The van der Waals surface area contributed by atoms with E-state index in [2.05, 4.69) is 15.0 Å². The summed E-state index contributed by atoms with van der Waals surface area (Å²) in [6, 6.07) is 0. The molecular weight excluding hydrogens is 252 g/mol. The number of ketones is 1. The maximum Gasteiger partial charge on any atom is 0.191 e. The van der Waals surface area contributed by atoms with Gasteiger partial charge in [0.2, 0.25) is 0 Å². The molecule has 1 heterocycles. The molecule has 0 aliphatic heterocycles. The molecule has 0 amide bonds. The molecule has 0 atom stereocenters. The van der Waals surface area contributed by atoms with Gasteiger partial charge in [-0.25, -0.2) is 9.07 Å². The molecule has 1 aromatic heterocycles. The fraction of sp³-hybridized carbons (Fsp3) is 0.750. The van der Waals surface area contributed by atoms with Gasteiger partial charge in [-0.2, -0.15) is 0 Å². The smallest absolute Gasteiger partial charge is 0.191 e. The second-order valence-corrected chi connectivity index (χ2v) is 4.43. The van der Waals surface area contributed by atoms with E-state index in [9.17, 15) is 9.18 Å². The van der Waals surface area contributed by atoms with Gasteiger partial charge < -0.3 is 9.47 Å². The van der Waals surface area contributed by atoms with Crippen molar-refractivity contribution in [1.82, 2.24) is 15.0 Å². The molecule has 0 aliphatic carbocycles. The van der Waals surface area contributed by atoms with Gasteiger partial charge in [0.1, 0.15) is 12.6 Å². The SMILES string of the molecule is CC(C)C(=O)CCc1cn(CCOCOC[18F])nn1. The normalized spacial score (nSPS) is 11.2. The lowest BCUT2D eigenvalue weighted by molar-refractivity contribution is -0.121. The average Bonchev–Trinajstić information content (AvgIpc) is 2.83. The fourth-order valence-corrected chi connectivity index (χ4v) is 1.41. The van der Waals surface area contributed by atoms with Gasteiger partial charge in [-0.1, -0.05) is 19.1 Å². The molecule has 0 fully saturated rings. The van der Waals surface area contributed by atoms with Crippen LogP contribution in [0.1, 0.15) is 26.0 Å². The number of rotatable bonds is 10. The first-order valence-corrected chi connectivity index (χ1v) is 6.26. The average molecular weight is 272 g/mol. The number of nitrogens with zero attached hydrogens (tertiary/aromatic N) is 3. The minimum Gasteiger partial charge on any atom is -0.353 e. The van der Waals surface area contributed by atoms with Crippen LogP contribution in [0, 0.1) is 5.92 Å². The van der Waals surface area contributed by atoms with Crippen LogP contribution in [0.4, 0.5) is 4.39 Å². The molecule has 0 aliphatic rings. The van der Waals surface area contributed by atoms with Gasteiger partial charge in [-0.3, -0.25) is 4.79 Å². The van der Waals surface area contributed by atoms with Crippen LogP contribution in [0.3, 0.4) is 0 Å². The van der Waals surface area contributed by atoms with E-state index in [1.54, 1.807) is 10.9 Å². The number of ether oxygens (including phenoxy) is 2. The maximum atomic E-state index is 11.6. The molecule has 108 valence electrons. The Bertz CT molecular complexity index is 382. The number of hydrogen-bond acceptors (Lipinski definition) is 5. The first-order chi connectivity index (χ1) is 9.13. The highest BCUT2D eigenvalue weighted by molar-refractivity contribution is 5.80. The molecule has 0 aromatic carbocycles. The zero-order valence-corrected chi connectivity index (χ0v) is 11.3. The predicted molar refractivity (Wildman–Crippen MR) is 66.1 cm³/mol. The Kier molecular flexibility index (Phi) is 7.20. The van der Waals surface area contributed by atoms with Crippen LogP contribution < -0.4 is 0 Å². The van der Waals surface area contributed by atoms with E-state index in [0.29, 0.717) is 26.0 Å². The standard InChI is InChI=1S/C12H20FN3O3/c1-10(2)12(17)4-3-11-7-16(15-14-11)5-6-18-9-19-8-13/h7,10H,3-6,8-9H2,1-2H3/i13-1. The number of carbonyl (C=O) groups excluding carboxylic acids is 1. The Morgan fingerprint density at radius 3 is 2.95 bits per heavy atom. The molecule has 0 saturated carbocycles. The van der Waals surface area contributed by atoms with Gasteiger partial charge >= 0.3 is 0 Å². The molecule has 1 rings (SSSR count). The van der Waals surface area contributed by atoms with Crippen LogP contribution in [0.25, 0.3) is 0 Å². The largest absolute Gasteiger partial charge is 0.353 e. The number of alkyl halides is 1. The number of aryl methyl sites for hydroxylation is 1. The summed E-state index contributed by atoms with van der Waals surface area (Å²) >= 11 is 0. The number of halogens is 1. The Labute approximate surface area is 111 Å². The number of Topliss-reactive ketones (excluding diaryl/α,β-unsaturated/α-hetero) is 1. The zero-order valence-electron chi connectivity index (χ0n) is 11.3. The predicted octanol–water partition coefficient (Wildman–Crippen LogP) is 1.35. The topological polar surface area (TPSA) is 66.2 Å². The van der Waals surface area contributed by atoms with E-state index in [4.69, 9.17) is 4.74 Å². The van der Waals surface area contributed by atoms with Crippen molar-refractivity contribution < 1.29 is 18.7 Å². The number of carbonyl (C=O) groups is 1. The van der Waals surface area contributed by atoms with Crippen molar-refractivity contribution in [3.63, 3.8) is 0 Å². The second-order valence-electron chi connectivity index (χ2n) is 4.43. The summed E-state index contributed by atoms with van der Waals surface area (Å²) in [4.78, 5) is 11.5. The Morgan fingerprint density at radius 1 is 1.47 bits per heavy atom. The van der Waals surface area contributed by atoms with E-state index >= 15 is 0 Å². The van der Waals surface area contributed by atoms with Crippen molar-refractivity contribution in [1.29, 1.82) is 0 Å². The van der Waals surface area contributed by atoms with Crippen molar-refractivity contribution in [2.45, 2.75) is 33.2 Å². The summed E-state index contributed by atoms with van der Waals surface area (Å²) in [5.74, 6) is 0.278. The highest BCUT2D eigenvalue weighted by atomic mass is 18.2. The van der Waals surface area contributed by atoms with E-state index in [1.807, 2.05) is 13.8 Å². The van der Waals surface area contributed by atoms with Crippen LogP contribution in [0.15, 0.2) is 6.20 Å². The number of hydrogen-bond donors (Lipinski definition) is 0. The Balaban J connectivity index is 2.22. The highest BCUT2D eigenvalue weighted by Crippen LogP contribution is 2.04. The Hall–Kier alpha value is -1.34. The van der Waals surface area contributed by atoms with Crippen LogP contribution in [0.5, 0.6) is 0 Å². The van der Waals surface area contributed by atoms with E-state index in [0.717, 1.165) is 5.69 Å². The lowest BCUT2D eigenvalue weighted by Gasteiger charge is -2.02. The monoisotopic (exact) mass is 272 g/mol. The van der Waals surface area contributed by atoms with Crippen LogP contribution in [-0.2, 0) is 27.2 Å². The summed E-state index contributed by atoms with van der Waals surface area (Å²) in [5, 5.41) is 7.89. The van der Waals surface area contributed by atoms with Gasteiger partial charge in [-0.05, 0) is 0 Å². The fourth-order valence-electron chi connectivity index (χ4n) is 1.41. The minimum atomic E-state index is -0.850. The third-order valence-electron chi connectivity index (χ3n) is 2.57. The quantitative estimate of drug-likeness (QED) is 0.475. The van der Waals surface area contributed by atoms with Crippen LogP contribution in [-0.4, -0.2) is 41.0 Å². The van der Waals surface area contributed by atoms with Gasteiger partial charge in [0, 0.05) is 25.0 Å². The molecule has 6 nitrogen and oxygen atoms in total. The highest BCUT2D eigenvalue weighted by Gasteiger charge is 2.09. The molecular formula is C12H20FN3O3. The van der Waals surface area contributed by atoms with Crippen LogP contribution >= 0.6 is 0 Å².